The van der Waals surface area contributed by atoms with Crippen LogP contribution in [-0.2, 0) is 6.18 Å². The molecule has 1 heterocycles. The van der Waals surface area contributed by atoms with Gasteiger partial charge in [-0.15, -0.1) is 0 Å². The predicted octanol–water partition coefficient (Wildman–Crippen LogP) is 5.07. The van der Waals surface area contributed by atoms with Gasteiger partial charge >= 0.3 is 11.7 Å². The fourth-order valence-corrected chi connectivity index (χ4v) is 3.67. The Balaban J connectivity index is 1.95. The van der Waals surface area contributed by atoms with Crippen LogP contribution in [0.1, 0.15) is 5.56 Å². The molecule has 0 aliphatic rings. The minimum Gasteiger partial charge on any atom is -0.491 e. The molecule has 5 nitrogen and oxygen atoms in total. The van der Waals surface area contributed by atoms with E-state index in [1.165, 1.54) is 38.2 Å². The average Bonchev–Trinajstić information content (AvgIpc) is 2.68. The maximum atomic E-state index is 12.8. The van der Waals surface area contributed by atoms with Gasteiger partial charge in [0, 0.05) is 9.79 Å². The van der Waals surface area contributed by atoms with Crippen molar-refractivity contribution in [3.8, 4) is 17.2 Å². The lowest BCUT2D eigenvalue weighted by atomic mass is 10.2. The summed E-state index contributed by atoms with van der Waals surface area (Å²) >= 11 is 7.19. The fraction of sp³-hybridized carbons (Fsp3) is 0.158. The molecule has 0 amide bonds. The van der Waals surface area contributed by atoms with Crippen molar-refractivity contribution < 1.29 is 22.6 Å². The molecule has 0 bridgehead atoms. The molecular formula is C19H14ClF3N2O3S. The zero-order valence-corrected chi connectivity index (χ0v) is 16.7. The molecule has 29 heavy (non-hydrogen) atoms. The Bertz CT molecular complexity index is 1100. The van der Waals surface area contributed by atoms with Crippen LogP contribution in [0, 0.1) is 0 Å². The molecule has 0 spiro atoms. The van der Waals surface area contributed by atoms with E-state index in [0.717, 1.165) is 16.8 Å². The summed E-state index contributed by atoms with van der Waals surface area (Å²) in [4.78, 5) is 13.7. The molecule has 1 aromatic heterocycles. The van der Waals surface area contributed by atoms with Gasteiger partial charge in [-0.25, -0.2) is 0 Å². The van der Waals surface area contributed by atoms with Crippen LogP contribution in [0.15, 0.2) is 63.2 Å². The number of hydrogen-bond acceptors (Lipinski definition) is 5. The van der Waals surface area contributed by atoms with Crippen molar-refractivity contribution in [2.75, 3.05) is 14.2 Å². The zero-order valence-electron chi connectivity index (χ0n) is 15.2. The van der Waals surface area contributed by atoms with E-state index >= 15 is 0 Å². The van der Waals surface area contributed by atoms with E-state index in [4.69, 9.17) is 21.1 Å². The quantitative estimate of drug-likeness (QED) is 0.552. The molecule has 152 valence electrons. The summed E-state index contributed by atoms with van der Waals surface area (Å²) < 4.78 is 49.7. The number of nitrogens with zero attached hydrogens (tertiary/aromatic N) is 2. The Labute approximate surface area is 173 Å². The summed E-state index contributed by atoms with van der Waals surface area (Å²) in [6, 6.07) is 9.93. The lowest BCUT2D eigenvalue weighted by Gasteiger charge is -2.12. The molecule has 0 saturated heterocycles. The molecule has 0 saturated carbocycles. The molecule has 0 fully saturated rings. The third-order valence-electron chi connectivity index (χ3n) is 3.87. The van der Waals surface area contributed by atoms with Crippen LogP contribution in [-0.4, -0.2) is 24.0 Å². The number of aromatic nitrogens is 2. The fourth-order valence-electron chi connectivity index (χ4n) is 2.51. The minimum absolute atomic E-state index is 0.00587. The molecule has 0 N–H and O–H groups in total. The van der Waals surface area contributed by atoms with E-state index < -0.39 is 17.3 Å². The Morgan fingerprint density at radius 2 is 1.86 bits per heavy atom. The van der Waals surface area contributed by atoms with Gasteiger partial charge < -0.3 is 9.47 Å². The highest BCUT2D eigenvalue weighted by atomic mass is 35.5. The average molecular weight is 443 g/mol. The van der Waals surface area contributed by atoms with Crippen molar-refractivity contribution in [3.05, 3.63) is 69.6 Å². The van der Waals surface area contributed by atoms with Gasteiger partial charge in [0.15, 0.2) is 5.75 Å². The third-order valence-corrected chi connectivity index (χ3v) is 5.36. The number of ether oxygens (including phenoxy) is 2. The number of methoxy groups -OCH3 is 2. The van der Waals surface area contributed by atoms with Gasteiger partial charge in [-0.2, -0.15) is 23.0 Å². The largest absolute Gasteiger partial charge is 0.491 e. The van der Waals surface area contributed by atoms with Gasteiger partial charge in [0.1, 0.15) is 0 Å². The van der Waals surface area contributed by atoms with Gasteiger partial charge in [-0.05, 0) is 36.4 Å². The predicted molar refractivity (Wildman–Crippen MR) is 104 cm³/mol. The first-order valence-electron chi connectivity index (χ1n) is 8.10. The summed E-state index contributed by atoms with van der Waals surface area (Å²) in [5.74, 6) is 0.210. The molecular weight excluding hydrogens is 429 g/mol. The first kappa shape index (κ1) is 21.1. The molecule has 3 aromatic rings. The highest BCUT2D eigenvalue weighted by Crippen LogP contribution is 2.38. The van der Waals surface area contributed by atoms with Gasteiger partial charge in [0.2, 0.25) is 5.75 Å². The van der Waals surface area contributed by atoms with E-state index in [9.17, 15) is 18.0 Å². The molecule has 0 radical (unpaired) electrons. The van der Waals surface area contributed by atoms with E-state index in [1.54, 1.807) is 24.3 Å². The third kappa shape index (κ3) is 4.51. The van der Waals surface area contributed by atoms with Gasteiger partial charge in [0.25, 0.3) is 0 Å². The number of halogens is 4. The molecule has 2 aromatic carbocycles. The second-order valence-corrected chi connectivity index (χ2v) is 7.23. The Morgan fingerprint density at radius 3 is 2.48 bits per heavy atom. The van der Waals surface area contributed by atoms with Crippen molar-refractivity contribution in [1.82, 2.24) is 9.78 Å². The zero-order chi connectivity index (χ0) is 21.2. The smallest absolute Gasteiger partial charge is 0.416 e. The van der Waals surface area contributed by atoms with Gasteiger partial charge in [-0.1, -0.05) is 29.4 Å². The summed E-state index contributed by atoms with van der Waals surface area (Å²) in [7, 11) is 2.75. The summed E-state index contributed by atoms with van der Waals surface area (Å²) in [6.45, 7) is 0. The van der Waals surface area contributed by atoms with E-state index in [0.29, 0.717) is 15.5 Å². The maximum Gasteiger partial charge on any atom is 0.416 e. The number of rotatable bonds is 5. The lowest BCUT2D eigenvalue weighted by molar-refractivity contribution is -0.137. The van der Waals surface area contributed by atoms with Crippen LogP contribution in [0.25, 0.3) is 5.69 Å². The van der Waals surface area contributed by atoms with Gasteiger partial charge in [-0.3, -0.25) is 4.79 Å². The molecule has 0 atom stereocenters. The molecule has 10 heteroatoms. The highest BCUT2D eigenvalue weighted by Gasteiger charge is 2.30. The Hall–Kier alpha value is -2.65. The standard InChI is InChI=1S/C19H14ClF3N2O3S/c1-27-15-10-24-25(18(26)17(15)28-2)12-4-3-5-13(9-12)29-16-7-6-11(8-14(16)20)19(21,22)23/h3-10H,1-2H3. The summed E-state index contributed by atoms with van der Waals surface area (Å²) in [6.07, 6.45) is -3.11. The molecule has 0 aliphatic heterocycles. The Morgan fingerprint density at radius 1 is 1.10 bits per heavy atom. The second-order valence-electron chi connectivity index (χ2n) is 5.71. The Kier molecular flexibility index (Phi) is 6.09. The van der Waals surface area contributed by atoms with Crippen LogP contribution in [0.3, 0.4) is 0 Å². The highest BCUT2D eigenvalue weighted by molar-refractivity contribution is 7.99. The van der Waals surface area contributed by atoms with Crippen LogP contribution < -0.4 is 15.0 Å². The molecule has 0 unspecified atom stereocenters. The van der Waals surface area contributed by atoms with Gasteiger partial charge in [0.05, 0.1) is 36.7 Å². The van der Waals surface area contributed by atoms with Crippen molar-refractivity contribution >= 4 is 23.4 Å². The number of alkyl halides is 3. The first-order chi connectivity index (χ1) is 13.7. The van der Waals surface area contributed by atoms with E-state index in [-0.39, 0.29) is 16.5 Å². The van der Waals surface area contributed by atoms with Crippen molar-refractivity contribution in [2.45, 2.75) is 16.0 Å². The maximum absolute atomic E-state index is 12.8. The van der Waals surface area contributed by atoms with E-state index in [1.807, 2.05) is 0 Å². The molecule has 3 rings (SSSR count). The minimum atomic E-state index is -4.47. The number of benzene rings is 2. The van der Waals surface area contributed by atoms with Crippen LogP contribution in [0.5, 0.6) is 11.5 Å². The number of hydrogen-bond donors (Lipinski definition) is 0. The molecule has 0 aliphatic carbocycles. The summed E-state index contributed by atoms with van der Waals surface area (Å²) in [5.41, 5.74) is -0.882. The lowest BCUT2D eigenvalue weighted by Crippen LogP contribution is -2.22. The SMILES string of the molecule is COc1cnn(-c2cccc(Sc3ccc(C(F)(F)F)cc3Cl)c2)c(=O)c1OC. The monoisotopic (exact) mass is 442 g/mol. The second kappa shape index (κ2) is 8.38. The topological polar surface area (TPSA) is 53.4 Å². The van der Waals surface area contributed by atoms with Crippen LogP contribution in [0.4, 0.5) is 13.2 Å². The van der Waals surface area contributed by atoms with Crippen molar-refractivity contribution in [1.29, 1.82) is 0 Å². The van der Waals surface area contributed by atoms with Crippen LogP contribution in [0.2, 0.25) is 5.02 Å². The van der Waals surface area contributed by atoms with Crippen molar-refractivity contribution in [3.63, 3.8) is 0 Å². The normalized spacial score (nSPS) is 11.4. The van der Waals surface area contributed by atoms with E-state index in [2.05, 4.69) is 5.10 Å². The van der Waals surface area contributed by atoms with Crippen LogP contribution >= 0.6 is 23.4 Å². The van der Waals surface area contributed by atoms with Crippen molar-refractivity contribution in [2.24, 2.45) is 0 Å². The summed E-state index contributed by atoms with van der Waals surface area (Å²) in [5, 5.41) is 4.05. The first-order valence-corrected chi connectivity index (χ1v) is 9.29.